The van der Waals surface area contributed by atoms with Crippen LogP contribution in [0.4, 0.5) is 0 Å². The summed E-state index contributed by atoms with van der Waals surface area (Å²) in [4.78, 5) is 0. The Hall–Kier alpha value is -1.72. The van der Waals surface area contributed by atoms with Gasteiger partial charge in [-0.2, -0.15) is 0 Å². The van der Waals surface area contributed by atoms with Gasteiger partial charge in [0.15, 0.2) is 0 Å². The first-order valence-corrected chi connectivity index (χ1v) is 10.9. The minimum Gasteiger partial charge on any atom is -0.405 e. The molecule has 2 aromatic carbocycles. The molecule has 0 saturated heterocycles. The van der Waals surface area contributed by atoms with E-state index < -0.39 is 14.4 Å². The standard InChI is InChI=1S/C22H30O3Si/c1-5-16-24-17-19(23)18-25-26(22(2,3)4,20-12-8-6-9-13-20)21-14-10-7-11-15-21/h5-15,19,23H,1,16-18H2,2-4H3. The molecule has 0 aromatic heterocycles. The lowest BCUT2D eigenvalue weighted by Gasteiger charge is -2.43. The second kappa shape index (κ2) is 9.28. The second-order valence-corrected chi connectivity index (χ2v) is 11.8. The van der Waals surface area contributed by atoms with Crippen LogP contribution in [0.25, 0.3) is 0 Å². The van der Waals surface area contributed by atoms with Crippen LogP contribution in [-0.2, 0) is 9.16 Å². The van der Waals surface area contributed by atoms with Crippen LogP contribution in [0, 0.1) is 0 Å². The molecule has 0 aliphatic rings. The van der Waals surface area contributed by atoms with Crippen molar-refractivity contribution in [2.45, 2.75) is 31.9 Å². The largest absolute Gasteiger partial charge is 0.405 e. The summed E-state index contributed by atoms with van der Waals surface area (Å²) in [5.41, 5.74) is 0. The molecule has 1 N–H and O–H groups in total. The van der Waals surface area contributed by atoms with E-state index in [4.69, 9.17) is 9.16 Å². The first-order chi connectivity index (χ1) is 12.4. The highest BCUT2D eigenvalue weighted by Crippen LogP contribution is 2.36. The van der Waals surface area contributed by atoms with Gasteiger partial charge >= 0.3 is 0 Å². The van der Waals surface area contributed by atoms with Crippen molar-refractivity contribution in [3.63, 3.8) is 0 Å². The molecule has 1 unspecified atom stereocenters. The molecule has 0 heterocycles. The number of aliphatic hydroxyl groups is 1. The molecule has 26 heavy (non-hydrogen) atoms. The van der Waals surface area contributed by atoms with Crippen molar-refractivity contribution in [1.82, 2.24) is 0 Å². The number of hydrogen-bond donors (Lipinski definition) is 1. The number of ether oxygens (including phenoxy) is 1. The monoisotopic (exact) mass is 370 g/mol. The van der Waals surface area contributed by atoms with Gasteiger partial charge in [-0.05, 0) is 15.4 Å². The van der Waals surface area contributed by atoms with Crippen molar-refractivity contribution in [2.24, 2.45) is 0 Å². The maximum absolute atomic E-state index is 10.3. The first-order valence-electron chi connectivity index (χ1n) is 9.03. The molecule has 0 bridgehead atoms. The summed E-state index contributed by atoms with van der Waals surface area (Å²) in [6, 6.07) is 20.8. The maximum atomic E-state index is 10.3. The molecular weight excluding hydrogens is 340 g/mol. The van der Waals surface area contributed by atoms with E-state index in [2.05, 4.69) is 75.9 Å². The lowest BCUT2D eigenvalue weighted by molar-refractivity contribution is 0.0190. The Labute approximate surface area is 158 Å². The van der Waals surface area contributed by atoms with Crippen molar-refractivity contribution in [2.75, 3.05) is 19.8 Å². The molecule has 2 rings (SSSR count). The van der Waals surface area contributed by atoms with Gasteiger partial charge in [0.1, 0.15) is 0 Å². The van der Waals surface area contributed by atoms with E-state index in [1.165, 1.54) is 10.4 Å². The van der Waals surface area contributed by atoms with Crippen LogP contribution in [0.1, 0.15) is 20.8 Å². The maximum Gasteiger partial charge on any atom is 0.261 e. The normalized spacial score (nSPS) is 13.4. The van der Waals surface area contributed by atoms with E-state index in [9.17, 15) is 5.11 Å². The predicted molar refractivity (Wildman–Crippen MR) is 111 cm³/mol. The van der Waals surface area contributed by atoms with E-state index >= 15 is 0 Å². The SMILES string of the molecule is C=CCOCC(O)CO[Si](c1ccccc1)(c1ccccc1)C(C)(C)C. The average Bonchev–Trinajstić information content (AvgIpc) is 2.63. The molecule has 0 amide bonds. The molecule has 0 aliphatic carbocycles. The third-order valence-corrected chi connectivity index (χ3v) is 9.46. The third kappa shape index (κ3) is 4.71. The summed E-state index contributed by atoms with van der Waals surface area (Å²) in [5, 5.41) is 12.6. The van der Waals surface area contributed by atoms with Crippen molar-refractivity contribution >= 4 is 18.7 Å². The van der Waals surface area contributed by atoms with Gasteiger partial charge in [-0.25, -0.2) is 0 Å². The van der Waals surface area contributed by atoms with E-state index in [0.29, 0.717) is 6.61 Å². The fourth-order valence-electron chi connectivity index (χ4n) is 3.32. The Kier molecular flexibility index (Phi) is 7.35. The van der Waals surface area contributed by atoms with Gasteiger partial charge in [0.25, 0.3) is 8.32 Å². The van der Waals surface area contributed by atoms with Crippen molar-refractivity contribution in [3.8, 4) is 0 Å². The van der Waals surface area contributed by atoms with E-state index in [-0.39, 0.29) is 18.3 Å². The van der Waals surface area contributed by atoms with Gasteiger partial charge in [-0.1, -0.05) is 87.5 Å². The Morgan fingerprint density at radius 3 is 1.88 bits per heavy atom. The molecule has 1 atom stereocenters. The summed E-state index contributed by atoms with van der Waals surface area (Å²) in [6.07, 6.45) is 1.01. The molecular formula is C22H30O3Si. The Bertz CT molecular complexity index is 625. The van der Waals surface area contributed by atoms with Gasteiger partial charge in [0, 0.05) is 0 Å². The molecule has 0 radical (unpaired) electrons. The van der Waals surface area contributed by atoms with Gasteiger partial charge < -0.3 is 14.3 Å². The van der Waals surface area contributed by atoms with Crippen molar-refractivity contribution < 1.29 is 14.3 Å². The van der Waals surface area contributed by atoms with Crippen LogP contribution in [0.2, 0.25) is 5.04 Å². The summed E-state index contributed by atoms with van der Waals surface area (Å²) >= 11 is 0. The summed E-state index contributed by atoms with van der Waals surface area (Å²) in [5.74, 6) is 0. The quantitative estimate of drug-likeness (QED) is 0.419. The van der Waals surface area contributed by atoms with Crippen LogP contribution in [-0.4, -0.2) is 39.3 Å². The summed E-state index contributed by atoms with van der Waals surface area (Å²) < 4.78 is 12.0. The Morgan fingerprint density at radius 2 is 1.46 bits per heavy atom. The molecule has 0 fully saturated rings. The minimum atomic E-state index is -2.60. The molecule has 0 aliphatic heterocycles. The highest BCUT2D eigenvalue weighted by Gasteiger charge is 2.50. The first kappa shape index (κ1) is 20.6. The molecule has 0 saturated carbocycles. The third-order valence-electron chi connectivity index (χ3n) is 4.45. The molecule has 2 aromatic rings. The van der Waals surface area contributed by atoms with Crippen molar-refractivity contribution in [1.29, 1.82) is 0 Å². The second-order valence-electron chi connectivity index (χ2n) is 7.45. The van der Waals surface area contributed by atoms with Gasteiger partial charge in [0.05, 0.1) is 25.9 Å². The summed E-state index contributed by atoms with van der Waals surface area (Å²) in [7, 11) is -2.60. The highest BCUT2D eigenvalue weighted by molar-refractivity contribution is 6.99. The number of rotatable bonds is 9. The topological polar surface area (TPSA) is 38.7 Å². The predicted octanol–water partition coefficient (Wildman–Crippen LogP) is 3.13. The van der Waals surface area contributed by atoms with E-state index in [1.54, 1.807) is 6.08 Å². The lowest BCUT2D eigenvalue weighted by atomic mass is 10.2. The lowest BCUT2D eigenvalue weighted by Crippen LogP contribution is -2.67. The van der Waals surface area contributed by atoms with Crippen LogP contribution in [0.3, 0.4) is 0 Å². The summed E-state index contributed by atoms with van der Waals surface area (Å²) in [6.45, 7) is 11.2. The van der Waals surface area contributed by atoms with Gasteiger partial charge in [0.2, 0.25) is 0 Å². The number of benzene rings is 2. The zero-order valence-electron chi connectivity index (χ0n) is 16.0. The van der Waals surface area contributed by atoms with E-state index in [1.807, 2.05) is 12.1 Å². The molecule has 0 spiro atoms. The zero-order valence-corrected chi connectivity index (χ0v) is 17.0. The van der Waals surface area contributed by atoms with Crippen LogP contribution >= 0.6 is 0 Å². The van der Waals surface area contributed by atoms with Crippen LogP contribution in [0.15, 0.2) is 73.3 Å². The number of hydrogen-bond acceptors (Lipinski definition) is 3. The Morgan fingerprint density at radius 1 is 0.962 bits per heavy atom. The van der Waals surface area contributed by atoms with E-state index in [0.717, 1.165) is 0 Å². The van der Waals surface area contributed by atoms with Crippen LogP contribution in [0.5, 0.6) is 0 Å². The van der Waals surface area contributed by atoms with Crippen molar-refractivity contribution in [3.05, 3.63) is 73.3 Å². The average molecular weight is 371 g/mol. The fraction of sp³-hybridized carbons (Fsp3) is 0.364. The smallest absolute Gasteiger partial charge is 0.261 e. The van der Waals surface area contributed by atoms with Gasteiger partial charge in [-0.3, -0.25) is 0 Å². The fourth-order valence-corrected chi connectivity index (χ4v) is 7.92. The molecule has 140 valence electrons. The number of aliphatic hydroxyl groups excluding tert-OH is 1. The highest BCUT2D eigenvalue weighted by atomic mass is 28.4. The van der Waals surface area contributed by atoms with Crippen LogP contribution < -0.4 is 10.4 Å². The minimum absolute atomic E-state index is 0.0998. The molecule has 4 heteroatoms. The zero-order chi connectivity index (χ0) is 19.0. The molecule has 3 nitrogen and oxygen atoms in total. The van der Waals surface area contributed by atoms with Gasteiger partial charge in [-0.15, -0.1) is 6.58 Å². The Balaban J connectivity index is 2.39.